The zero-order valence-electron chi connectivity index (χ0n) is 17.4. The number of pyridine rings is 2. The van der Waals surface area contributed by atoms with Gasteiger partial charge in [0, 0.05) is 53.9 Å². The summed E-state index contributed by atoms with van der Waals surface area (Å²) in [4.78, 5) is 11.4. The lowest BCUT2D eigenvalue weighted by Gasteiger charge is -2.29. The number of rotatable bonds is 4. The maximum absolute atomic E-state index is 10.9. The number of fused-ring (bicyclic) bond motifs is 2. The molecule has 5 aromatic heterocycles. The lowest BCUT2D eigenvalue weighted by atomic mass is 9.80. The molecule has 1 saturated carbocycles. The number of nitrogens with zero attached hydrogens (tertiary/aromatic N) is 6. The molecule has 0 aliphatic heterocycles. The van der Waals surface area contributed by atoms with Crippen LogP contribution in [0, 0.1) is 5.92 Å². The molecular weight excluding hydrogens is 408 g/mol. The molecule has 0 aromatic carbocycles. The molecule has 0 bridgehead atoms. The van der Waals surface area contributed by atoms with Gasteiger partial charge in [-0.05, 0) is 48.6 Å². The highest BCUT2D eigenvalue weighted by atomic mass is 32.1. The van der Waals surface area contributed by atoms with Gasteiger partial charge < -0.3 is 5.11 Å². The first kappa shape index (κ1) is 18.7. The van der Waals surface area contributed by atoms with E-state index in [4.69, 9.17) is 4.98 Å². The van der Waals surface area contributed by atoms with Crippen molar-refractivity contribution in [3.8, 4) is 22.5 Å². The van der Waals surface area contributed by atoms with E-state index in [2.05, 4.69) is 33.4 Å². The summed E-state index contributed by atoms with van der Waals surface area (Å²) in [6.45, 7) is 0. The molecule has 1 aliphatic carbocycles. The van der Waals surface area contributed by atoms with Gasteiger partial charge in [-0.25, -0.2) is 9.97 Å². The van der Waals surface area contributed by atoms with E-state index in [0.29, 0.717) is 5.92 Å². The van der Waals surface area contributed by atoms with E-state index in [1.165, 1.54) is 6.42 Å². The first-order chi connectivity index (χ1) is 15.1. The van der Waals surface area contributed by atoms with Crippen molar-refractivity contribution in [2.75, 3.05) is 0 Å². The third kappa shape index (κ3) is 3.05. The van der Waals surface area contributed by atoms with Gasteiger partial charge in [0.1, 0.15) is 4.83 Å². The Hall–Kier alpha value is -3.10. The van der Waals surface area contributed by atoms with Crippen molar-refractivity contribution in [3.05, 3.63) is 47.7 Å². The fraction of sp³-hybridized carbons (Fsp3) is 0.304. The second kappa shape index (κ2) is 6.96. The van der Waals surface area contributed by atoms with Crippen LogP contribution < -0.4 is 0 Å². The van der Waals surface area contributed by atoms with Gasteiger partial charge in [-0.1, -0.05) is 6.42 Å². The Morgan fingerprint density at radius 1 is 1.19 bits per heavy atom. The van der Waals surface area contributed by atoms with Crippen LogP contribution in [0.15, 0.2) is 42.9 Å². The van der Waals surface area contributed by atoms with Gasteiger partial charge in [0.05, 0.1) is 17.5 Å². The molecule has 0 unspecified atom stereocenters. The lowest BCUT2D eigenvalue weighted by molar-refractivity contribution is 0.0650. The number of aryl methyl sites for hydroxylation is 2. The van der Waals surface area contributed by atoms with Crippen LogP contribution in [0.3, 0.4) is 0 Å². The third-order valence-electron chi connectivity index (χ3n) is 6.28. The van der Waals surface area contributed by atoms with Crippen molar-refractivity contribution in [2.45, 2.75) is 25.4 Å². The topological polar surface area (TPSA) is 81.7 Å². The highest BCUT2D eigenvalue weighted by Crippen LogP contribution is 2.43. The molecule has 6 rings (SSSR count). The van der Waals surface area contributed by atoms with E-state index in [1.807, 2.05) is 37.2 Å². The van der Waals surface area contributed by atoms with Gasteiger partial charge in [0.15, 0.2) is 5.65 Å². The lowest BCUT2D eigenvalue weighted by Crippen LogP contribution is -2.19. The Bertz CT molecular complexity index is 1430. The van der Waals surface area contributed by atoms with E-state index in [0.717, 1.165) is 61.5 Å². The maximum atomic E-state index is 10.9. The van der Waals surface area contributed by atoms with Gasteiger partial charge >= 0.3 is 0 Å². The molecule has 156 valence electrons. The molecule has 0 saturated heterocycles. The first-order valence-corrected chi connectivity index (χ1v) is 11.3. The Morgan fingerprint density at radius 3 is 2.81 bits per heavy atom. The fourth-order valence-electron chi connectivity index (χ4n) is 4.34. The molecule has 1 fully saturated rings. The summed E-state index contributed by atoms with van der Waals surface area (Å²) < 4.78 is 3.61. The third-order valence-corrected chi connectivity index (χ3v) is 7.38. The van der Waals surface area contributed by atoms with Crippen molar-refractivity contribution in [3.63, 3.8) is 0 Å². The second-order valence-electron chi connectivity index (χ2n) is 8.34. The maximum Gasteiger partial charge on any atom is 0.181 e. The van der Waals surface area contributed by atoms with Crippen LogP contribution in [0.25, 0.3) is 43.8 Å². The minimum atomic E-state index is -0.417. The normalized spacial score (nSPS) is 15.6. The molecule has 8 heteroatoms. The SMILES string of the molecule is Cn1cc2cc(-c3cc(-c4ccnn4C)nc4sc([C@H](O)C5CCC5)cc34)cnc2n1. The standard InChI is InChI=1S/C23H22N6OS/c1-28-12-15-8-14(11-24-22(15)27-28)16-9-18(19-6-7-25-29(19)2)26-23-17(16)10-20(31-23)21(30)13-4-3-5-13/h6-13,21,30H,3-5H2,1-2H3/t21-/m1/s1. The fourth-order valence-corrected chi connectivity index (χ4v) is 5.48. The minimum absolute atomic E-state index is 0.362. The van der Waals surface area contributed by atoms with Crippen molar-refractivity contribution >= 4 is 32.6 Å². The molecule has 7 nitrogen and oxygen atoms in total. The van der Waals surface area contributed by atoms with Gasteiger partial charge in [0.25, 0.3) is 0 Å². The van der Waals surface area contributed by atoms with Crippen molar-refractivity contribution in [1.82, 2.24) is 29.5 Å². The first-order valence-electron chi connectivity index (χ1n) is 10.5. The molecule has 1 N–H and O–H groups in total. The van der Waals surface area contributed by atoms with Crippen LogP contribution >= 0.6 is 11.3 Å². The summed E-state index contributed by atoms with van der Waals surface area (Å²) in [5.41, 5.74) is 4.62. The van der Waals surface area contributed by atoms with Gasteiger partial charge in [-0.2, -0.15) is 10.2 Å². The molecule has 0 radical (unpaired) electrons. The highest BCUT2D eigenvalue weighted by Gasteiger charge is 2.28. The highest BCUT2D eigenvalue weighted by molar-refractivity contribution is 7.18. The Morgan fingerprint density at radius 2 is 2.06 bits per heavy atom. The van der Waals surface area contributed by atoms with Crippen LogP contribution in [0.5, 0.6) is 0 Å². The summed E-state index contributed by atoms with van der Waals surface area (Å²) in [6, 6.07) is 8.31. The molecular formula is C23H22N6OS. The van der Waals surface area contributed by atoms with Gasteiger partial charge in [-0.3, -0.25) is 9.36 Å². The average molecular weight is 431 g/mol. The average Bonchev–Trinajstić information content (AvgIpc) is 3.41. The number of aliphatic hydroxyl groups is 1. The molecule has 0 amide bonds. The smallest absolute Gasteiger partial charge is 0.181 e. The predicted molar refractivity (Wildman–Crippen MR) is 122 cm³/mol. The number of aliphatic hydroxyl groups excluding tert-OH is 1. The van der Waals surface area contributed by atoms with Gasteiger partial charge in [-0.15, -0.1) is 11.3 Å². The van der Waals surface area contributed by atoms with Crippen molar-refractivity contribution < 1.29 is 5.11 Å². The predicted octanol–water partition coefficient (Wildman–Crippen LogP) is 4.48. The summed E-state index contributed by atoms with van der Waals surface area (Å²) in [6.07, 6.45) is 8.61. The number of thiophene rings is 1. The van der Waals surface area contributed by atoms with Crippen LogP contribution in [0.1, 0.15) is 30.2 Å². The monoisotopic (exact) mass is 430 g/mol. The molecule has 5 heterocycles. The van der Waals surface area contributed by atoms with E-state index in [-0.39, 0.29) is 0 Å². The Labute approximate surface area is 183 Å². The molecule has 1 aliphatic rings. The van der Waals surface area contributed by atoms with Crippen LogP contribution in [0.2, 0.25) is 0 Å². The van der Waals surface area contributed by atoms with E-state index in [1.54, 1.807) is 22.2 Å². The Kier molecular flexibility index (Phi) is 4.19. The minimum Gasteiger partial charge on any atom is -0.387 e. The molecule has 31 heavy (non-hydrogen) atoms. The largest absolute Gasteiger partial charge is 0.387 e. The second-order valence-corrected chi connectivity index (χ2v) is 9.40. The number of hydrogen-bond donors (Lipinski definition) is 1. The summed E-state index contributed by atoms with van der Waals surface area (Å²) in [7, 11) is 3.82. The van der Waals surface area contributed by atoms with Crippen LogP contribution in [-0.2, 0) is 14.1 Å². The van der Waals surface area contributed by atoms with Gasteiger partial charge in [0.2, 0.25) is 0 Å². The van der Waals surface area contributed by atoms with E-state index in [9.17, 15) is 5.11 Å². The Balaban J connectivity index is 1.57. The number of aromatic nitrogens is 6. The van der Waals surface area contributed by atoms with E-state index >= 15 is 0 Å². The quantitative estimate of drug-likeness (QED) is 0.455. The zero-order valence-corrected chi connectivity index (χ0v) is 18.2. The summed E-state index contributed by atoms with van der Waals surface area (Å²) in [5.74, 6) is 0.362. The van der Waals surface area contributed by atoms with Crippen molar-refractivity contribution in [2.24, 2.45) is 20.0 Å². The van der Waals surface area contributed by atoms with E-state index < -0.39 is 6.10 Å². The van der Waals surface area contributed by atoms with Crippen molar-refractivity contribution in [1.29, 1.82) is 0 Å². The zero-order chi connectivity index (χ0) is 21.1. The summed E-state index contributed by atoms with van der Waals surface area (Å²) in [5, 5.41) is 21.6. The van der Waals surface area contributed by atoms with Crippen LogP contribution in [0.4, 0.5) is 0 Å². The summed E-state index contributed by atoms with van der Waals surface area (Å²) >= 11 is 1.59. The number of hydrogen-bond acceptors (Lipinski definition) is 6. The molecule has 5 aromatic rings. The molecule has 1 atom stereocenters. The van der Waals surface area contributed by atoms with Crippen LogP contribution in [-0.4, -0.2) is 34.6 Å². The molecule has 0 spiro atoms.